The number of alkyl halides is 3. The molecule has 19 heavy (non-hydrogen) atoms. The van der Waals surface area contributed by atoms with Gasteiger partial charge < -0.3 is 4.74 Å². The highest BCUT2D eigenvalue weighted by molar-refractivity contribution is 8.08. The van der Waals surface area contributed by atoms with Crippen LogP contribution in [0.5, 0.6) is 5.75 Å². The minimum Gasteiger partial charge on any atom is -0.497 e. The molecule has 1 aromatic rings. The van der Waals surface area contributed by atoms with Crippen LogP contribution in [0.15, 0.2) is 29.2 Å². The number of ether oxygens (including phenoxy) is 1. The first kappa shape index (κ1) is 15.8. The average molecular weight is 318 g/mol. The summed E-state index contributed by atoms with van der Waals surface area (Å²) < 4.78 is 85.9. The zero-order chi connectivity index (χ0) is 14.9. The Bertz CT molecular complexity index is 644. The third kappa shape index (κ3) is 3.60. The fourth-order valence-corrected chi connectivity index (χ4v) is 4.39. The molecule has 5 nitrogen and oxygen atoms in total. The summed E-state index contributed by atoms with van der Waals surface area (Å²) in [6.45, 7) is 0. The third-order valence-electron chi connectivity index (χ3n) is 2.08. The molecule has 0 heterocycles. The Kier molecular flexibility index (Phi) is 4.15. The average Bonchev–Trinajstić information content (AvgIpc) is 2.26. The van der Waals surface area contributed by atoms with Crippen molar-refractivity contribution < 1.29 is 34.7 Å². The summed E-state index contributed by atoms with van der Waals surface area (Å²) in [7, 11) is -9.01. The van der Waals surface area contributed by atoms with Crippen LogP contribution in [0.3, 0.4) is 0 Å². The van der Waals surface area contributed by atoms with Crippen LogP contribution in [0.25, 0.3) is 0 Å². The largest absolute Gasteiger partial charge is 0.498 e. The summed E-state index contributed by atoms with van der Waals surface area (Å²) >= 11 is 0. The molecule has 0 amide bonds. The maximum Gasteiger partial charge on any atom is 0.498 e. The van der Waals surface area contributed by atoms with Crippen molar-refractivity contribution in [1.29, 1.82) is 0 Å². The Morgan fingerprint density at radius 2 is 1.53 bits per heavy atom. The van der Waals surface area contributed by atoms with E-state index in [1.165, 1.54) is 19.2 Å². The summed E-state index contributed by atoms with van der Waals surface area (Å²) in [4.78, 5) is -0.527. The van der Waals surface area contributed by atoms with E-state index in [2.05, 4.69) is 0 Å². The standard InChI is InChI=1S/C9H9F3O5S2/c1-17-7-2-4-8(5-3-7)18(13,14)6-19(15,16)9(10,11)12/h2-5H,6H2,1H3. The molecule has 0 radical (unpaired) electrons. The normalized spacial score (nSPS) is 13.3. The van der Waals surface area contributed by atoms with Crippen LogP contribution in [-0.4, -0.2) is 34.5 Å². The zero-order valence-corrected chi connectivity index (χ0v) is 11.1. The van der Waals surface area contributed by atoms with Crippen molar-refractivity contribution in [1.82, 2.24) is 0 Å². The fourth-order valence-electron chi connectivity index (χ4n) is 1.12. The summed E-state index contributed by atoms with van der Waals surface area (Å²) in [5, 5.41) is -2.02. The number of halogens is 3. The highest BCUT2D eigenvalue weighted by Crippen LogP contribution is 2.27. The number of rotatable bonds is 4. The number of methoxy groups -OCH3 is 1. The van der Waals surface area contributed by atoms with E-state index >= 15 is 0 Å². The van der Waals surface area contributed by atoms with Gasteiger partial charge in [0, 0.05) is 0 Å². The van der Waals surface area contributed by atoms with Crippen LogP contribution < -0.4 is 4.74 Å². The van der Waals surface area contributed by atoms with Crippen molar-refractivity contribution in [3.8, 4) is 5.75 Å². The topological polar surface area (TPSA) is 77.5 Å². The highest BCUT2D eigenvalue weighted by atomic mass is 32.3. The maximum absolute atomic E-state index is 12.1. The van der Waals surface area contributed by atoms with E-state index in [4.69, 9.17) is 4.74 Å². The first-order valence-electron chi connectivity index (χ1n) is 4.65. The Morgan fingerprint density at radius 3 is 1.89 bits per heavy atom. The summed E-state index contributed by atoms with van der Waals surface area (Å²) in [5.41, 5.74) is -5.60. The van der Waals surface area contributed by atoms with E-state index in [0.717, 1.165) is 12.1 Å². The number of hydrogen-bond donors (Lipinski definition) is 0. The molecule has 108 valence electrons. The van der Waals surface area contributed by atoms with Gasteiger partial charge in [-0.15, -0.1) is 0 Å². The van der Waals surface area contributed by atoms with Crippen molar-refractivity contribution in [3.05, 3.63) is 24.3 Å². The molecule has 0 unspecified atom stereocenters. The third-order valence-corrected chi connectivity index (χ3v) is 6.26. The first-order chi connectivity index (χ1) is 8.49. The van der Waals surface area contributed by atoms with Gasteiger partial charge >= 0.3 is 5.51 Å². The first-order valence-corrected chi connectivity index (χ1v) is 7.96. The van der Waals surface area contributed by atoms with Crippen LogP contribution >= 0.6 is 0 Å². The fraction of sp³-hybridized carbons (Fsp3) is 0.333. The molecule has 0 saturated carbocycles. The highest BCUT2D eigenvalue weighted by Gasteiger charge is 2.48. The van der Waals surface area contributed by atoms with Crippen LogP contribution in [-0.2, 0) is 19.7 Å². The maximum atomic E-state index is 12.1. The van der Waals surface area contributed by atoms with Gasteiger partial charge in [-0.05, 0) is 24.3 Å². The molecule has 0 bridgehead atoms. The molecule has 0 saturated heterocycles. The van der Waals surface area contributed by atoms with E-state index in [1.807, 2.05) is 0 Å². The number of hydrogen-bond acceptors (Lipinski definition) is 5. The van der Waals surface area contributed by atoms with E-state index in [9.17, 15) is 30.0 Å². The van der Waals surface area contributed by atoms with Crippen LogP contribution in [0.1, 0.15) is 0 Å². The van der Waals surface area contributed by atoms with Gasteiger partial charge in [-0.25, -0.2) is 16.8 Å². The molecule has 0 fully saturated rings. The molecular formula is C9H9F3O5S2. The molecule has 1 aromatic carbocycles. The number of benzene rings is 1. The predicted molar refractivity (Wildman–Crippen MR) is 60.0 cm³/mol. The summed E-state index contributed by atoms with van der Waals surface area (Å²) in [6.07, 6.45) is 0. The lowest BCUT2D eigenvalue weighted by Crippen LogP contribution is -2.30. The molecule has 0 aliphatic rings. The van der Waals surface area contributed by atoms with Crippen LogP contribution in [0, 0.1) is 0 Å². The molecule has 0 aliphatic carbocycles. The quantitative estimate of drug-likeness (QED) is 0.838. The number of sulfone groups is 2. The van der Waals surface area contributed by atoms with Crippen molar-refractivity contribution in [2.45, 2.75) is 10.4 Å². The lowest BCUT2D eigenvalue weighted by Gasteiger charge is -2.09. The van der Waals surface area contributed by atoms with Crippen molar-refractivity contribution >= 4 is 19.7 Å². The van der Waals surface area contributed by atoms with Gasteiger partial charge in [-0.2, -0.15) is 13.2 Å². The SMILES string of the molecule is COc1ccc(S(=O)(=O)CS(=O)(=O)C(F)(F)F)cc1. The van der Waals surface area contributed by atoms with E-state index in [0.29, 0.717) is 0 Å². The molecule has 0 aromatic heterocycles. The molecule has 0 spiro atoms. The van der Waals surface area contributed by atoms with Crippen molar-refractivity contribution in [2.75, 3.05) is 12.2 Å². The van der Waals surface area contributed by atoms with Gasteiger partial charge in [0.1, 0.15) is 5.75 Å². The van der Waals surface area contributed by atoms with Gasteiger partial charge in [0.05, 0.1) is 12.0 Å². The Hall–Kier alpha value is -1.29. The van der Waals surface area contributed by atoms with Crippen molar-refractivity contribution in [2.24, 2.45) is 0 Å². The minimum absolute atomic E-state index is 0.289. The van der Waals surface area contributed by atoms with Gasteiger partial charge in [0.2, 0.25) is 0 Å². The predicted octanol–water partition coefficient (Wildman–Crippen LogP) is 1.36. The van der Waals surface area contributed by atoms with Crippen LogP contribution in [0.2, 0.25) is 0 Å². The van der Waals surface area contributed by atoms with Gasteiger partial charge in [0.25, 0.3) is 9.84 Å². The van der Waals surface area contributed by atoms with Crippen LogP contribution in [0.4, 0.5) is 13.2 Å². The molecule has 10 heteroatoms. The molecule has 1 rings (SSSR count). The molecule has 0 aliphatic heterocycles. The second kappa shape index (κ2) is 5.00. The lowest BCUT2D eigenvalue weighted by molar-refractivity contribution is -0.0431. The second-order valence-electron chi connectivity index (χ2n) is 3.47. The van der Waals surface area contributed by atoms with E-state index in [-0.39, 0.29) is 5.75 Å². The van der Waals surface area contributed by atoms with Crippen molar-refractivity contribution in [3.63, 3.8) is 0 Å². The Morgan fingerprint density at radius 1 is 1.05 bits per heavy atom. The summed E-state index contributed by atoms with van der Waals surface area (Å²) in [6, 6.07) is 4.35. The van der Waals surface area contributed by atoms with E-state index < -0.39 is 35.2 Å². The van der Waals surface area contributed by atoms with Gasteiger partial charge in [-0.3, -0.25) is 0 Å². The smallest absolute Gasteiger partial charge is 0.497 e. The Balaban J connectivity index is 3.12. The Labute approximate surface area is 107 Å². The summed E-state index contributed by atoms with van der Waals surface area (Å²) in [5.74, 6) is 0.289. The van der Waals surface area contributed by atoms with Gasteiger partial charge in [0.15, 0.2) is 14.9 Å². The zero-order valence-electron chi connectivity index (χ0n) is 9.51. The molecule has 0 N–H and O–H groups in total. The monoisotopic (exact) mass is 318 g/mol. The second-order valence-corrected chi connectivity index (χ2v) is 7.80. The van der Waals surface area contributed by atoms with E-state index in [1.54, 1.807) is 0 Å². The molecular weight excluding hydrogens is 309 g/mol. The lowest BCUT2D eigenvalue weighted by atomic mass is 10.3. The minimum atomic E-state index is -5.74. The molecule has 0 atom stereocenters. The van der Waals surface area contributed by atoms with Gasteiger partial charge in [-0.1, -0.05) is 0 Å².